The van der Waals surface area contributed by atoms with Gasteiger partial charge in [-0.2, -0.15) is 0 Å². The van der Waals surface area contributed by atoms with Crippen LogP contribution in [0.2, 0.25) is 0 Å². The van der Waals surface area contributed by atoms with E-state index in [9.17, 15) is 4.79 Å². The van der Waals surface area contributed by atoms with E-state index in [2.05, 4.69) is 15.6 Å². The highest BCUT2D eigenvalue weighted by Gasteiger charge is 2.04. The quantitative estimate of drug-likeness (QED) is 0.751. The van der Waals surface area contributed by atoms with Gasteiger partial charge >= 0.3 is 6.03 Å². The van der Waals surface area contributed by atoms with Crippen molar-refractivity contribution < 1.29 is 13.9 Å². The van der Waals surface area contributed by atoms with Gasteiger partial charge in [0.15, 0.2) is 0 Å². The van der Waals surface area contributed by atoms with Crippen molar-refractivity contribution in [1.82, 2.24) is 10.3 Å². The highest BCUT2D eigenvalue weighted by Crippen LogP contribution is 2.17. The summed E-state index contributed by atoms with van der Waals surface area (Å²) in [6.45, 7) is 0.390. The van der Waals surface area contributed by atoms with Gasteiger partial charge < -0.3 is 19.8 Å². The average molecular weight is 323 g/mol. The van der Waals surface area contributed by atoms with Crippen molar-refractivity contribution in [2.75, 3.05) is 12.4 Å². The molecule has 24 heavy (non-hydrogen) atoms. The SMILES string of the molecule is COc1ccc(NC(=O)NCc2ccc(-c3ccoc3)nc2)cc1. The van der Waals surface area contributed by atoms with Crippen LogP contribution in [0, 0.1) is 0 Å². The van der Waals surface area contributed by atoms with Crippen LogP contribution in [0.5, 0.6) is 5.75 Å². The Labute approximate surface area is 139 Å². The van der Waals surface area contributed by atoms with Crippen molar-refractivity contribution in [3.8, 4) is 17.0 Å². The molecule has 0 fully saturated rings. The molecule has 2 aromatic heterocycles. The molecule has 6 nitrogen and oxygen atoms in total. The lowest BCUT2D eigenvalue weighted by Gasteiger charge is -2.08. The molecular weight excluding hydrogens is 306 g/mol. The number of hydrogen-bond donors (Lipinski definition) is 2. The second-order valence-corrected chi connectivity index (χ2v) is 5.10. The van der Waals surface area contributed by atoms with Gasteiger partial charge in [-0.3, -0.25) is 4.98 Å². The molecule has 122 valence electrons. The van der Waals surface area contributed by atoms with E-state index in [1.165, 1.54) is 0 Å². The van der Waals surface area contributed by atoms with E-state index in [-0.39, 0.29) is 6.03 Å². The highest BCUT2D eigenvalue weighted by atomic mass is 16.5. The van der Waals surface area contributed by atoms with Gasteiger partial charge in [0.1, 0.15) is 5.75 Å². The Balaban J connectivity index is 1.52. The maximum Gasteiger partial charge on any atom is 0.319 e. The number of nitrogens with one attached hydrogen (secondary N) is 2. The lowest BCUT2D eigenvalue weighted by Crippen LogP contribution is -2.28. The number of anilines is 1. The zero-order valence-electron chi connectivity index (χ0n) is 13.2. The van der Waals surface area contributed by atoms with Crippen LogP contribution in [0.25, 0.3) is 11.3 Å². The van der Waals surface area contributed by atoms with E-state index < -0.39 is 0 Å². The van der Waals surface area contributed by atoms with E-state index in [0.29, 0.717) is 12.2 Å². The van der Waals surface area contributed by atoms with E-state index >= 15 is 0 Å². The number of methoxy groups -OCH3 is 1. The predicted octanol–water partition coefficient (Wildman–Crippen LogP) is 3.67. The number of pyridine rings is 1. The molecule has 0 saturated heterocycles. The summed E-state index contributed by atoms with van der Waals surface area (Å²) in [5.74, 6) is 0.741. The monoisotopic (exact) mass is 323 g/mol. The van der Waals surface area contributed by atoms with Crippen LogP contribution in [-0.2, 0) is 6.54 Å². The third-order valence-electron chi connectivity index (χ3n) is 3.44. The van der Waals surface area contributed by atoms with E-state index in [1.54, 1.807) is 50.1 Å². The Hall–Kier alpha value is -3.28. The molecule has 2 N–H and O–H groups in total. The topological polar surface area (TPSA) is 76.4 Å². The summed E-state index contributed by atoms with van der Waals surface area (Å²) < 4.78 is 10.1. The molecule has 0 bridgehead atoms. The lowest BCUT2D eigenvalue weighted by molar-refractivity contribution is 0.251. The largest absolute Gasteiger partial charge is 0.497 e. The molecule has 0 aliphatic heterocycles. The molecule has 0 spiro atoms. The molecule has 3 aromatic rings. The first-order valence-electron chi connectivity index (χ1n) is 7.41. The first-order valence-corrected chi connectivity index (χ1v) is 7.41. The Morgan fingerprint density at radius 2 is 2.00 bits per heavy atom. The van der Waals surface area contributed by atoms with Crippen molar-refractivity contribution in [3.63, 3.8) is 0 Å². The van der Waals surface area contributed by atoms with Crippen molar-refractivity contribution in [3.05, 3.63) is 66.8 Å². The number of carbonyl (C=O) groups excluding carboxylic acids is 1. The van der Waals surface area contributed by atoms with E-state index in [1.807, 2.05) is 18.2 Å². The smallest absolute Gasteiger partial charge is 0.319 e. The van der Waals surface area contributed by atoms with Gasteiger partial charge in [0.25, 0.3) is 0 Å². The number of hydrogen-bond acceptors (Lipinski definition) is 4. The zero-order valence-corrected chi connectivity index (χ0v) is 13.2. The normalized spacial score (nSPS) is 10.2. The van der Waals surface area contributed by atoms with Gasteiger partial charge in [-0.15, -0.1) is 0 Å². The first-order chi connectivity index (χ1) is 11.7. The number of rotatable bonds is 5. The molecule has 2 amide bonds. The number of urea groups is 1. The fourth-order valence-electron chi connectivity index (χ4n) is 2.14. The molecule has 0 radical (unpaired) electrons. The van der Waals surface area contributed by atoms with E-state index in [0.717, 1.165) is 22.6 Å². The average Bonchev–Trinajstić information content (AvgIpc) is 3.16. The molecule has 0 unspecified atom stereocenters. The second-order valence-electron chi connectivity index (χ2n) is 5.10. The molecule has 2 heterocycles. The van der Waals surface area contributed by atoms with Crippen molar-refractivity contribution in [2.45, 2.75) is 6.54 Å². The summed E-state index contributed by atoms with van der Waals surface area (Å²) in [7, 11) is 1.60. The maximum atomic E-state index is 11.9. The highest BCUT2D eigenvalue weighted by molar-refractivity contribution is 5.89. The van der Waals surface area contributed by atoms with Gasteiger partial charge in [-0.1, -0.05) is 6.07 Å². The van der Waals surface area contributed by atoms with Crippen LogP contribution in [0.1, 0.15) is 5.56 Å². The number of benzene rings is 1. The molecule has 0 aliphatic rings. The van der Waals surface area contributed by atoms with Crippen molar-refractivity contribution >= 4 is 11.7 Å². The summed E-state index contributed by atoms with van der Waals surface area (Å²) in [6.07, 6.45) is 4.98. The standard InChI is InChI=1S/C18H17N3O3/c1-23-16-5-3-15(4-6-16)21-18(22)20-11-13-2-7-17(19-10-13)14-8-9-24-12-14/h2-10,12H,11H2,1H3,(H2,20,21,22). The van der Waals surface area contributed by atoms with Gasteiger partial charge in [-0.25, -0.2) is 4.79 Å². The summed E-state index contributed by atoms with van der Waals surface area (Å²) in [4.78, 5) is 16.3. The molecule has 0 saturated carbocycles. The first kappa shape index (κ1) is 15.6. The summed E-state index contributed by atoms with van der Waals surface area (Å²) >= 11 is 0. The number of nitrogens with zero attached hydrogens (tertiary/aromatic N) is 1. The number of ether oxygens (including phenoxy) is 1. The molecule has 1 aromatic carbocycles. The number of carbonyl (C=O) groups is 1. The summed E-state index contributed by atoms with van der Waals surface area (Å²) in [5.41, 5.74) is 3.36. The maximum absolute atomic E-state index is 11.9. The second kappa shape index (κ2) is 7.32. The van der Waals surface area contributed by atoms with Crippen LogP contribution in [0.15, 0.2) is 65.6 Å². The molecule has 6 heteroatoms. The van der Waals surface area contributed by atoms with Crippen LogP contribution >= 0.6 is 0 Å². The predicted molar refractivity (Wildman–Crippen MR) is 90.8 cm³/mol. The van der Waals surface area contributed by atoms with Gasteiger partial charge in [0.05, 0.1) is 25.3 Å². The Morgan fingerprint density at radius 1 is 1.17 bits per heavy atom. The van der Waals surface area contributed by atoms with Gasteiger partial charge in [0, 0.05) is 24.0 Å². The lowest BCUT2D eigenvalue weighted by atomic mass is 10.2. The summed E-state index contributed by atoms with van der Waals surface area (Å²) in [6, 6.07) is 12.5. The molecule has 0 aliphatic carbocycles. The fraction of sp³-hybridized carbons (Fsp3) is 0.111. The molecule has 0 atom stereocenters. The van der Waals surface area contributed by atoms with E-state index in [4.69, 9.17) is 9.15 Å². The van der Waals surface area contributed by atoms with Crippen LogP contribution in [-0.4, -0.2) is 18.1 Å². The van der Waals surface area contributed by atoms with Gasteiger partial charge in [-0.05, 0) is 42.0 Å². The minimum Gasteiger partial charge on any atom is -0.497 e. The third kappa shape index (κ3) is 3.92. The Morgan fingerprint density at radius 3 is 2.62 bits per heavy atom. The van der Waals surface area contributed by atoms with Crippen LogP contribution in [0.3, 0.4) is 0 Å². The molecular formula is C18H17N3O3. The van der Waals surface area contributed by atoms with Crippen molar-refractivity contribution in [1.29, 1.82) is 0 Å². The Bertz CT molecular complexity index is 781. The number of furan rings is 1. The Kier molecular flexibility index (Phi) is 4.76. The zero-order chi connectivity index (χ0) is 16.8. The number of aromatic nitrogens is 1. The van der Waals surface area contributed by atoms with Crippen molar-refractivity contribution in [2.24, 2.45) is 0 Å². The summed E-state index contributed by atoms with van der Waals surface area (Å²) in [5, 5.41) is 5.55. The minimum absolute atomic E-state index is 0.279. The van der Waals surface area contributed by atoms with Crippen LogP contribution in [0.4, 0.5) is 10.5 Å². The van der Waals surface area contributed by atoms with Crippen LogP contribution < -0.4 is 15.4 Å². The number of amides is 2. The minimum atomic E-state index is -0.279. The van der Waals surface area contributed by atoms with Gasteiger partial charge in [0.2, 0.25) is 0 Å². The third-order valence-corrected chi connectivity index (χ3v) is 3.44. The fourth-order valence-corrected chi connectivity index (χ4v) is 2.14. The molecule has 3 rings (SSSR count).